The second-order valence-electron chi connectivity index (χ2n) is 12.3. The van der Waals surface area contributed by atoms with Crippen molar-refractivity contribution in [2.45, 2.75) is 117 Å². The predicted molar refractivity (Wildman–Crippen MR) is 145 cm³/mol. The van der Waals surface area contributed by atoms with Gasteiger partial charge in [-0.15, -0.1) is 4.73 Å². The minimum absolute atomic E-state index is 0.148. The molecule has 14 heteroatoms. The van der Waals surface area contributed by atoms with Gasteiger partial charge in [-0.3, -0.25) is 4.79 Å². The molecule has 0 aliphatic heterocycles. The summed E-state index contributed by atoms with van der Waals surface area (Å²) in [4.78, 5) is 68.0. The molecule has 0 radical (unpaired) electrons. The van der Waals surface area contributed by atoms with Crippen LogP contribution in [0.4, 0.5) is 4.79 Å². The fourth-order valence-corrected chi connectivity index (χ4v) is 3.16. The maximum absolute atomic E-state index is 12.9. The second kappa shape index (κ2) is 14.1. The molecule has 2 atom stereocenters. The van der Waals surface area contributed by atoms with Crippen molar-refractivity contribution in [2.75, 3.05) is 0 Å². The van der Waals surface area contributed by atoms with E-state index in [1.807, 2.05) is 0 Å². The Hall–Kier alpha value is -3.97. The van der Waals surface area contributed by atoms with Crippen LogP contribution >= 0.6 is 0 Å². The number of esters is 3. The first-order valence-electron chi connectivity index (χ1n) is 13.1. The van der Waals surface area contributed by atoms with Crippen molar-refractivity contribution in [2.24, 2.45) is 0 Å². The van der Waals surface area contributed by atoms with Crippen molar-refractivity contribution in [1.29, 1.82) is 0 Å². The Morgan fingerprint density at radius 1 is 0.683 bits per heavy atom. The van der Waals surface area contributed by atoms with Crippen LogP contribution in [0.3, 0.4) is 0 Å². The highest BCUT2D eigenvalue weighted by Gasteiger charge is 2.32. The third-order valence-corrected chi connectivity index (χ3v) is 4.68. The summed E-state index contributed by atoms with van der Waals surface area (Å²) in [5.41, 5.74) is -2.56. The van der Waals surface area contributed by atoms with Crippen molar-refractivity contribution in [3.63, 3.8) is 0 Å². The molecule has 0 aliphatic rings. The van der Waals surface area contributed by atoms with Gasteiger partial charge in [-0.1, -0.05) is 0 Å². The van der Waals surface area contributed by atoms with Gasteiger partial charge in [0.1, 0.15) is 28.9 Å². The molecule has 14 nitrogen and oxygen atoms in total. The van der Waals surface area contributed by atoms with Gasteiger partial charge in [-0.2, -0.15) is 0 Å². The zero-order valence-electron chi connectivity index (χ0n) is 25.2. The van der Waals surface area contributed by atoms with Gasteiger partial charge in [-0.25, -0.2) is 19.2 Å². The molecule has 0 aliphatic carbocycles. The minimum Gasteiger partial charge on any atom is -0.492 e. The standard InChI is InChI=1S/C27H43N3O11/c1-25(2,3)38-20(33)14-10-16(22(35)39-26(4,5)6)28-24(37)29-17(23(36)40-27(7,8)9)11-15-21(34)41-30-18(31)12-13-19(30)32/h12-13,16-17,31-32H,10-11,14-15H2,1-9H3,(H2,28,29,37)/t16-,17-/m0/s1. The fourth-order valence-electron chi connectivity index (χ4n) is 3.16. The van der Waals surface area contributed by atoms with Crippen molar-refractivity contribution < 1.29 is 53.2 Å². The van der Waals surface area contributed by atoms with Gasteiger partial charge in [0.25, 0.3) is 0 Å². The van der Waals surface area contributed by atoms with Crippen LogP contribution in [0.1, 0.15) is 88.0 Å². The van der Waals surface area contributed by atoms with Crippen LogP contribution in [0.5, 0.6) is 11.8 Å². The number of aromatic nitrogens is 1. The molecule has 0 spiro atoms. The van der Waals surface area contributed by atoms with E-state index in [1.165, 1.54) is 0 Å². The summed E-state index contributed by atoms with van der Waals surface area (Å²) in [6, 6.07) is -1.40. The van der Waals surface area contributed by atoms with E-state index < -0.39 is 77.0 Å². The molecular formula is C27H43N3O11. The first-order valence-corrected chi connectivity index (χ1v) is 13.1. The molecule has 232 valence electrons. The highest BCUT2D eigenvalue weighted by atomic mass is 16.7. The van der Waals surface area contributed by atoms with Crippen molar-refractivity contribution in [3.8, 4) is 11.8 Å². The summed E-state index contributed by atoms with van der Waals surface area (Å²) in [5.74, 6) is -4.26. The normalized spacial score (nSPS) is 13.4. The van der Waals surface area contributed by atoms with Crippen molar-refractivity contribution in [3.05, 3.63) is 12.1 Å². The lowest BCUT2D eigenvalue weighted by Crippen LogP contribution is -2.53. The van der Waals surface area contributed by atoms with Crippen LogP contribution in [0.25, 0.3) is 0 Å². The van der Waals surface area contributed by atoms with Crippen LogP contribution in [-0.2, 0) is 33.4 Å². The molecule has 1 aromatic rings. The van der Waals surface area contributed by atoms with E-state index in [1.54, 1.807) is 62.3 Å². The lowest BCUT2D eigenvalue weighted by molar-refractivity contribution is -0.159. The Kier molecular flexibility index (Phi) is 12.0. The Labute approximate surface area is 239 Å². The summed E-state index contributed by atoms with van der Waals surface area (Å²) in [6.07, 6.45) is -1.08. The SMILES string of the molecule is CC(C)(C)OC(=O)CC[C@H](NC(=O)N[C@@H](CCC(=O)On1c(O)ccc1O)C(=O)OC(C)(C)C)C(=O)OC(C)(C)C. The molecule has 0 unspecified atom stereocenters. The second-order valence-corrected chi connectivity index (χ2v) is 12.3. The maximum atomic E-state index is 12.9. The number of carbonyl (C=O) groups excluding carboxylic acids is 5. The lowest BCUT2D eigenvalue weighted by Gasteiger charge is -2.27. The van der Waals surface area contributed by atoms with Crippen LogP contribution in [-0.4, -0.2) is 73.7 Å². The van der Waals surface area contributed by atoms with Crippen molar-refractivity contribution >= 4 is 29.9 Å². The Balaban J connectivity index is 3.00. The Morgan fingerprint density at radius 3 is 1.41 bits per heavy atom. The van der Waals surface area contributed by atoms with E-state index in [4.69, 9.17) is 19.0 Å². The Bertz CT molecular complexity index is 1070. The van der Waals surface area contributed by atoms with Gasteiger partial charge in [0.2, 0.25) is 11.8 Å². The van der Waals surface area contributed by atoms with Gasteiger partial charge >= 0.3 is 29.9 Å². The monoisotopic (exact) mass is 585 g/mol. The molecule has 0 aromatic carbocycles. The number of aromatic hydroxyl groups is 2. The molecule has 2 amide bonds. The molecule has 0 saturated carbocycles. The lowest BCUT2D eigenvalue weighted by atomic mass is 10.1. The van der Waals surface area contributed by atoms with E-state index in [0.29, 0.717) is 4.73 Å². The smallest absolute Gasteiger partial charge is 0.333 e. The number of rotatable bonds is 11. The number of ether oxygens (including phenoxy) is 3. The number of nitrogens with one attached hydrogen (secondary N) is 2. The third-order valence-electron chi connectivity index (χ3n) is 4.68. The summed E-state index contributed by atoms with van der Waals surface area (Å²) >= 11 is 0. The summed E-state index contributed by atoms with van der Waals surface area (Å²) in [5, 5.41) is 24.1. The number of amides is 2. The molecule has 41 heavy (non-hydrogen) atoms. The van der Waals surface area contributed by atoms with E-state index >= 15 is 0 Å². The number of urea groups is 1. The van der Waals surface area contributed by atoms with Crippen molar-refractivity contribution in [1.82, 2.24) is 15.4 Å². The highest BCUT2D eigenvalue weighted by Crippen LogP contribution is 2.19. The van der Waals surface area contributed by atoms with E-state index in [9.17, 15) is 34.2 Å². The van der Waals surface area contributed by atoms with Crippen LogP contribution in [0.2, 0.25) is 0 Å². The quantitative estimate of drug-likeness (QED) is 0.220. The van der Waals surface area contributed by atoms with Crippen LogP contribution in [0, 0.1) is 0 Å². The molecule has 1 heterocycles. The topological polar surface area (TPSA) is 192 Å². The first kappa shape index (κ1) is 35.1. The third kappa shape index (κ3) is 14.3. The van der Waals surface area contributed by atoms with Crippen LogP contribution in [0.15, 0.2) is 12.1 Å². The van der Waals surface area contributed by atoms with E-state index in [2.05, 4.69) is 10.6 Å². The van der Waals surface area contributed by atoms with E-state index in [0.717, 1.165) is 12.1 Å². The molecular weight excluding hydrogens is 542 g/mol. The molecule has 1 rings (SSSR count). The molecule has 0 saturated heterocycles. The predicted octanol–water partition coefficient (Wildman–Crippen LogP) is 2.48. The van der Waals surface area contributed by atoms with Gasteiger partial charge < -0.3 is 39.9 Å². The number of hydrogen-bond donors (Lipinski definition) is 4. The molecule has 0 bridgehead atoms. The zero-order valence-corrected chi connectivity index (χ0v) is 25.2. The molecule has 4 N–H and O–H groups in total. The number of carbonyl (C=O) groups is 5. The first-order chi connectivity index (χ1) is 18.6. The fraction of sp³-hybridized carbons (Fsp3) is 0.667. The van der Waals surface area contributed by atoms with Gasteiger partial charge in [0.05, 0.1) is 6.42 Å². The summed E-state index contributed by atoms with van der Waals surface area (Å²) in [6.45, 7) is 14.8. The van der Waals surface area contributed by atoms with Gasteiger partial charge in [-0.05, 0) is 75.2 Å². The number of nitrogens with zero attached hydrogens (tertiary/aromatic N) is 1. The Morgan fingerprint density at radius 2 is 1.05 bits per heavy atom. The average Bonchev–Trinajstić information content (AvgIpc) is 3.07. The average molecular weight is 586 g/mol. The summed E-state index contributed by atoms with van der Waals surface area (Å²) < 4.78 is 16.5. The van der Waals surface area contributed by atoms with Gasteiger partial charge in [0, 0.05) is 18.6 Å². The highest BCUT2D eigenvalue weighted by molar-refractivity contribution is 5.88. The largest absolute Gasteiger partial charge is 0.492 e. The van der Waals surface area contributed by atoms with Crippen LogP contribution < -0.4 is 15.5 Å². The zero-order chi connectivity index (χ0) is 31.8. The van der Waals surface area contributed by atoms with E-state index in [-0.39, 0.29) is 19.3 Å². The molecule has 1 aromatic heterocycles. The number of hydrogen-bond acceptors (Lipinski definition) is 11. The maximum Gasteiger partial charge on any atom is 0.333 e. The van der Waals surface area contributed by atoms with Gasteiger partial charge in [0.15, 0.2) is 0 Å². The summed E-state index contributed by atoms with van der Waals surface area (Å²) in [7, 11) is 0. The minimum atomic E-state index is -1.36. The molecule has 0 fully saturated rings.